The SMILES string of the molecule is CC(N)C(=O)NC(C(=O)NC(Cc1ccc(O)cc1)C(=O)O)C(C)O. The Morgan fingerprint density at radius 3 is 2.08 bits per heavy atom. The third-order valence-electron chi connectivity index (χ3n) is 3.47. The number of carbonyl (C=O) groups is 3. The first-order valence-electron chi connectivity index (χ1n) is 7.67. The third-order valence-corrected chi connectivity index (χ3v) is 3.47. The van der Waals surface area contributed by atoms with E-state index in [2.05, 4.69) is 10.6 Å². The second-order valence-electron chi connectivity index (χ2n) is 5.79. The van der Waals surface area contributed by atoms with Crippen LogP contribution < -0.4 is 16.4 Å². The van der Waals surface area contributed by atoms with Gasteiger partial charge in [0.05, 0.1) is 12.1 Å². The van der Waals surface area contributed by atoms with Crippen LogP contribution in [0.4, 0.5) is 0 Å². The minimum Gasteiger partial charge on any atom is -0.508 e. The molecule has 9 heteroatoms. The largest absolute Gasteiger partial charge is 0.508 e. The Balaban J connectivity index is 2.83. The molecule has 0 aromatic heterocycles. The summed E-state index contributed by atoms with van der Waals surface area (Å²) in [7, 11) is 0. The van der Waals surface area contributed by atoms with Crippen molar-refractivity contribution in [2.75, 3.05) is 0 Å². The molecule has 0 spiro atoms. The molecule has 4 atom stereocenters. The van der Waals surface area contributed by atoms with E-state index in [-0.39, 0.29) is 12.2 Å². The Bertz CT molecular complexity index is 615. The maximum atomic E-state index is 12.3. The molecule has 7 N–H and O–H groups in total. The van der Waals surface area contributed by atoms with Crippen molar-refractivity contribution in [1.29, 1.82) is 0 Å². The van der Waals surface area contributed by atoms with Crippen LogP contribution in [0.25, 0.3) is 0 Å². The average Bonchev–Trinajstić information content (AvgIpc) is 2.52. The highest BCUT2D eigenvalue weighted by Gasteiger charge is 2.30. The molecular formula is C16H23N3O6. The standard InChI is InChI=1S/C16H23N3O6/c1-8(17)14(22)19-13(9(2)20)15(23)18-12(16(24)25)7-10-3-5-11(21)6-4-10/h3-6,8-9,12-13,20-21H,7,17H2,1-2H3,(H,18,23)(H,19,22)(H,24,25). The van der Waals surface area contributed by atoms with E-state index < -0.39 is 42.0 Å². The number of hydrogen-bond donors (Lipinski definition) is 6. The Hall–Kier alpha value is -2.65. The number of aliphatic hydroxyl groups is 1. The first-order chi connectivity index (χ1) is 11.6. The van der Waals surface area contributed by atoms with Crippen molar-refractivity contribution in [3.63, 3.8) is 0 Å². The number of hydrogen-bond acceptors (Lipinski definition) is 6. The zero-order valence-corrected chi connectivity index (χ0v) is 14.0. The highest BCUT2D eigenvalue weighted by molar-refractivity contribution is 5.92. The number of nitrogens with two attached hydrogens (primary N) is 1. The maximum absolute atomic E-state index is 12.3. The number of aliphatic hydroxyl groups excluding tert-OH is 1. The number of benzene rings is 1. The van der Waals surface area contributed by atoms with Gasteiger partial charge in [0.2, 0.25) is 11.8 Å². The lowest BCUT2D eigenvalue weighted by Crippen LogP contribution is -2.58. The van der Waals surface area contributed by atoms with Crippen molar-refractivity contribution in [2.45, 2.75) is 44.5 Å². The predicted octanol–water partition coefficient (Wildman–Crippen LogP) is -1.28. The monoisotopic (exact) mass is 353 g/mol. The molecule has 0 aliphatic rings. The fourth-order valence-electron chi connectivity index (χ4n) is 2.02. The van der Waals surface area contributed by atoms with Gasteiger partial charge in [-0.1, -0.05) is 12.1 Å². The van der Waals surface area contributed by atoms with Gasteiger partial charge in [0, 0.05) is 6.42 Å². The van der Waals surface area contributed by atoms with Crippen LogP contribution in [-0.2, 0) is 20.8 Å². The molecular weight excluding hydrogens is 330 g/mol. The minimum absolute atomic E-state index is 0.0326. The number of carboxylic acids is 1. The second kappa shape index (κ2) is 9.00. The summed E-state index contributed by atoms with van der Waals surface area (Å²) in [4.78, 5) is 35.3. The van der Waals surface area contributed by atoms with Crippen molar-refractivity contribution < 1.29 is 29.7 Å². The van der Waals surface area contributed by atoms with Crippen molar-refractivity contribution in [3.8, 4) is 5.75 Å². The number of phenolic OH excluding ortho intramolecular Hbond substituents is 1. The van der Waals surface area contributed by atoms with Gasteiger partial charge < -0.3 is 31.7 Å². The van der Waals surface area contributed by atoms with E-state index in [1.807, 2.05) is 0 Å². The molecule has 1 rings (SSSR count). The topological polar surface area (TPSA) is 162 Å². The summed E-state index contributed by atoms with van der Waals surface area (Å²) in [6, 6.07) is 2.37. The molecule has 138 valence electrons. The molecule has 2 amide bonds. The number of rotatable bonds is 8. The summed E-state index contributed by atoms with van der Waals surface area (Å²) < 4.78 is 0. The lowest BCUT2D eigenvalue weighted by atomic mass is 10.0. The van der Waals surface area contributed by atoms with Crippen LogP contribution in [0.3, 0.4) is 0 Å². The first kappa shape index (κ1) is 20.4. The number of carbonyl (C=O) groups excluding carboxylic acids is 2. The average molecular weight is 353 g/mol. The second-order valence-corrected chi connectivity index (χ2v) is 5.79. The molecule has 0 aliphatic heterocycles. The normalized spacial score (nSPS) is 15.5. The van der Waals surface area contributed by atoms with Gasteiger partial charge in [-0.2, -0.15) is 0 Å². The summed E-state index contributed by atoms with van der Waals surface area (Å²) in [5.41, 5.74) is 5.99. The van der Waals surface area contributed by atoms with E-state index in [0.717, 1.165) is 0 Å². The van der Waals surface area contributed by atoms with Crippen LogP contribution in [0.2, 0.25) is 0 Å². The zero-order valence-electron chi connectivity index (χ0n) is 14.0. The van der Waals surface area contributed by atoms with Gasteiger partial charge >= 0.3 is 5.97 Å². The quantitative estimate of drug-likeness (QED) is 0.339. The number of amides is 2. The molecule has 1 aromatic carbocycles. The van der Waals surface area contributed by atoms with Gasteiger partial charge in [0.25, 0.3) is 0 Å². The number of carboxylic acid groups (broad SMARTS) is 1. The molecule has 0 bridgehead atoms. The lowest BCUT2D eigenvalue weighted by Gasteiger charge is -2.24. The highest BCUT2D eigenvalue weighted by atomic mass is 16.4. The fraction of sp³-hybridized carbons (Fsp3) is 0.438. The van der Waals surface area contributed by atoms with Gasteiger partial charge in [-0.05, 0) is 31.5 Å². The molecule has 0 fully saturated rings. The Morgan fingerprint density at radius 1 is 1.08 bits per heavy atom. The number of aromatic hydroxyl groups is 1. The van der Waals surface area contributed by atoms with E-state index in [9.17, 15) is 29.7 Å². The smallest absolute Gasteiger partial charge is 0.326 e. The van der Waals surface area contributed by atoms with Crippen molar-refractivity contribution in [3.05, 3.63) is 29.8 Å². The minimum atomic E-state index is -1.33. The van der Waals surface area contributed by atoms with E-state index in [4.69, 9.17) is 5.73 Å². The van der Waals surface area contributed by atoms with Crippen molar-refractivity contribution in [2.24, 2.45) is 5.73 Å². The van der Waals surface area contributed by atoms with E-state index in [1.54, 1.807) is 0 Å². The number of phenols is 1. The van der Waals surface area contributed by atoms with E-state index >= 15 is 0 Å². The highest BCUT2D eigenvalue weighted by Crippen LogP contribution is 2.11. The molecule has 0 heterocycles. The van der Waals surface area contributed by atoms with Crippen molar-refractivity contribution in [1.82, 2.24) is 10.6 Å². The van der Waals surface area contributed by atoms with Crippen LogP contribution >= 0.6 is 0 Å². The van der Waals surface area contributed by atoms with Gasteiger partial charge in [0.1, 0.15) is 17.8 Å². The van der Waals surface area contributed by atoms with Gasteiger partial charge in [-0.15, -0.1) is 0 Å². The summed E-state index contributed by atoms with van der Waals surface area (Å²) in [6.45, 7) is 2.71. The van der Waals surface area contributed by atoms with Crippen LogP contribution in [0.15, 0.2) is 24.3 Å². The maximum Gasteiger partial charge on any atom is 0.326 e. The fourth-order valence-corrected chi connectivity index (χ4v) is 2.02. The summed E-state index contributed by atoms with van der Waals surface area (Å²) in [6.07, 6.45) is -1.28. The molecule has 9 nitrogen and oxygen atoms in total. The Morgan fingerprint density at radius 2 is 1.64 bits per heavy atom. The third kappa shape index (κ3) is 6.40. The summed E-state index contributed by atoms with van der Waals surface area (Å²) >= 11 is 0. The molecule has 0 aliphatic carbocycles. The van der Waals surface area contributed by atoms with Gasteiger partial charge in [-0.25, -0.2) is 4.79 Å². The zero-order chi connectivity index (χ0) is 19.1. The molecule has 25 heavy (non-hydrogen) atoms. The van der Waals surface area contributed by atoms with Crippen molar-refractivity contribution >= 4 is 17.8 Å². The molecule has 0 radical (unpaired) electrons. The Kier molecular flexibility index (Phi) is 7.34. The number of nitrogens with one attached hydrogen (secondary N) is 2. The van der Waals surface area contributed by atoms with E-state index in [1.165, 1.54) is 38.1 Å². The molecule has 4 unspecified atom stereocenters. The molecule has 0 saturated heterocycles. The summed E-state index contributed by atoms with van der Waals surface area (Å²) in [5, 5.41) is 32.8. The lowest BCUT2D eigenvalue weighted by molar-refractivity contribution is -0.142. The summed E-state index contributed by atoms with van der Waals surface area (Å²) in [5.74, 6) is -2.72. The van der Waals surface area contributed by atoms with Crippen LogP contribution in [0.1, 0.15) is 19.4 Å². The predicted molar refractivity (Wildman–Crippen MR) is 88.6 cm³/mol. The first-order valence-corrected chi connectivity index (χ1v) is 7.67. The molecule has 0 saturated carbocycles. The molecule has 1 aromatic rings. The van der Waals surface area contributed by atoms with E-state index in [0.29, 0.717) is 5.56 Å². The van der Waals surface area contributed by atoms with Gasteiger partial charge in [-0.3, -0.25) is 9.59 Å². The van der Waals surface area contributed by atoms with Crippen LogP contribution in [-0.4, -0.2) is 57.3 Å². The number of aliphatic carboxylic acids is 1. The Labute approximate surface area is 144 Å². The van der Waals surface area contributed by atoms with Crippen LogP contribution in [0, 0.1) is 0 Å². The van der Waals surface area contributed by atoms with Crippen LogP contribution in [0.5, 0.6) is 5.75 Å². The van der Waals surface area contributed by atoms with Gasteiger partial charge in [0.15, 0.2) is 0 Å².